The van der Waals surface area contributed by atoms with E-state index in [2.05, 4.69) is 21.0 Å². The zero-order valence-electron chi connectivity index (χ0n) is 17.7. The highest BCUT2D eigenvalue weighted by Gasteiger charge is 2.22. The minimum atomic E-state index is -1.02. The maximum absolute atomic E-state index is 12.1. The number of hydrogen-bond donors (Lipinski definition) is 2. The lowest BCUT2D eigenvalue weighted by Crippen LogP contribution is -2.19. The van der Waals surface area contributed by atoms with E-state index in [1.54, 1.807) is 28.9 Å². The van der Waals surface area contributed by atoms with Gasteiger partial charge in [-0.05, 0) is 47.0 Å². The smallest absolute Gasteiger partial charge is 0.336 e. The summed E-state index contributed by atoms with van der Waals surface area (Å²) in [5.74, 6) is -1.02. The van der Waals surface area contributed by atoms with Crippen LogP contribution in [0.2, 0.25) is 0 Å². The maximum atomic E-state index is 12.1. The lowest BCUT2D eigenvalue weighted by atomic mass is 9.97. The molecule has 164 valence electrons. The Morgan fingerprint density at radius 3 is 2.56 bits per heavy atom. The second-order valence-corrected chi connectivity index (χ2v) is 8.14. The molecular formula is C24H22BrN3O4. The molecule has 0 saturated heterocycles. The molecule has 0 spiro atoms. The molecule has 0 radical (unpaired) electrons. The monoisotopic (exact) mass is 495 g/mol. The number of aryl methyl sites for hydroxylation is 2. The van der Waals surface area contributed by atoms with Gasteiger partial charge in [-0.3, -0.25) is 9.48 Å². The van der Waals surface area contributed by atoms with Crippen molar-refractivity contribution >= 4 is 38.6 Å². The number of furan rings is 1. The Balaban J connectivity index is 1.81. The molecule has 0 aliphatic heterocycles. The fraction of sp³-hybridized carbons (Fsp3) is 0.208. The number of carbonyl (C=O) groups excluding carboxylic acids is 1. The van der Waals surface area contributed by atoms with Gasteiger partial charge < -0.3 is 15.3 Å². The summed E-state index contributed by atoms with van der Waals surface area (Å²) in [6.45, 7) is 4.48. The quantitative estimate of drug-likeness (QED) is 0.373. The van der Waals surface area contributed by atoms with Crippen molar-refractivity contribution in [3.8, 4) is 11.3 Å². The number of primary amides is 1. The van der Waals surface area contributed by atoms with E-state index < -0.39 is 11.9 Å². The van der Waals surface area contributed by atoms with Gasteiger partial charge in [0.15, 0.2) is 4.67 Å². The van der Waals surface area contributed by atoms with Crippen LogP contribution in [0.1, 0.15) is 51.5 Å². The molecule has 8 heteroatoms. The van der Waals surface area contributed by atoms with Crippen molar-refractivity contribution in [1.82, 2.24) is 9.78 Å². The van der Waals surface area contributed by atoms with Gasteiger partial charge in [0.25, 0.3) is 5.91 Å². The first-order valence-electron chi connectivity index (χ1n) is 10.3. The van der Waals surface area contributed by atoms with Crippen LogP contribution in [-0.2, 0) is 19.4 Å². The van der Waals surface area contributed by atoms with Crippen LogP contribution in [0.5, 0.6) is 0 Å². The average Bonchev–Trinajstić information content (AvgIpc) is 3.31. The minimum absolute atomic E-state index is 0.172. The lowest BCUT2D eigenvalue weighted by molar-refractivity contribution is 0.0697. The summed E-state index contributed by atoms with van der Waals surface area (Å²) in [5, 5.41) is 15.7. The lowest BCUT2D eigenvalue weighted by Gasteiger charge is -2.07. The Morgan fingerprint density at radius 2 is 1.91 bits per heavy atom. The van der Waals surface area contributed by atoms with Gasteiger partial charge in [0.1, 0.15) is 11.5 Å². The molecule has 1 amide bonds. The minimum Gasteiger partial charge on any atom is -0.478 e. The van der Waals surface area contributed by atoms with Crippen molar-refractivity contribution < 1.29 is 19.1 Å². The molecule has 2 aromatic heterocycles. The van der Waals surface area contributed by atoms with Gasteiger partial charge in [0.2, 0.25) is 0 Å². The van der Waals surface area contributed by atoms with E-state index in [0.717, 1.165) is 27.6 Å². The summed E-state index contributed by atoms with van der Waals surface area (Å²) < 4.78 is 8.11. The molecule has 0 saturated carbocycles. The van der Waals surface area contributed by atoms with E-state index >= 15 is 0 Å². The van der Waals surface area contributed by atoms with Crippen LogP contribution in [0.25, 0.3) is 22.1 Å². The summed E-state index contributed by atoms with van der Waals surface area (Å²) in [5.41, 5.74) is 9.43. The van der Waals surface area contributed by atoms with Crippen LogP contribution in [-0.4, -0.2) is 26.8 Å². The summed E-state index contributed by atoms with van der Waals surface area (Å²) in [4.78, 5) is 23.8. The number of aromatic carboxylic acids is 1. The molecule has 2 aromatic carbocycles. The number of hydrogen-bond acceptors (Lipinski definition) is 4. The highest BCUT2D eigenvalue weighted by Crippen LogP contribution is 2.39. The van der Waals surface area contributed by atoms with Crippen molar-refractivity contribution in [2.45, 2.75) is 33.2 Å². The Bertz CT molecular complexity index is 1350. The van der Waals surface area contributed by atoms with Crippen LogP contribution in [0.3, 0.4) is 0 Å². The predicted octanol–water partition coefficient (Wildman–Crippen LogP) is 5.03. The summed E-state index contributed by atoms with van der Waals surface area (Å²) >= 11 is 3.47. The number of nitrogens with zero attached hydrogens (tertiary/aromatic N) is 2. The van der Waals surface area contributed by atoms with Crippen molar-refractivity contribution in [2.24, 2.45) is 5.73 Å². The first-order valence-corrected chi connectivity index (χ1v) is 11.1. The molecule has 0 aliphatic rings. The van der Waals surface area contributed by atoms with Gasteiger partial charge in [0.05, 0.1) is 11.3 Å². The molecule has 0 unspecified atom stereocenters. The normalized spacial score (nSPS) is 11.2. The molecule has 4 rings (SSSR count). The second-order valence-electron chi connectivity index (χ2n) is 7.42. The van der Waals surface area contributed by atoms with Gasteiger partial charge in [-0.15, -0.1) is 0 Å². The zero-order chi connectivity index (χ0) is 23.0. The van der Waals surface area contributed by atoms with Crippen LogP contribution >= 0.6 is 15.9 Å². The topological polar surface area (TPSA) is 111 Å². The fourth-order valence-electron chi connectivity index (χ4n) is 4.06. The molecule has 32 heavy (non-hydrogen) atoms. The third kappa shape index (κ3) is 3.71. The number of nitrogens with two attached hydrogens (primary N) is 1. The fourth-order valence-corrected chi connectivity index (χ4v) is 4.55. The van der Waals surface area contributed by atoms with E-state index in [9.17, 15) is 14.7 Å². The van der Waals surface area contributed by atoms with E-state index in [4.69, 9.17) is 10.2 Å². The number of carboxylic acid groups (broad SMARTS) is 1. The van der Waals surface area contributed by atoms with Crippen molar-refractivity contribution in [1.29, 1.82) is 0 Å². The van der Waals surface area contributed by atoms with Gasteiger partial charge in [0, 0.05) is 34.9 Å². The zero-order valence-corrected chi connectivity index (χ0v) is 19.3. The average molecular weight is 496 g/mol. The van der Waals surface area contributed by atoms with E-state index in [1.165, 1.54) is 0 Å². The first-order chi connectivity index (χ1) is 15.3. The number of carbonyl (C=O) groups is 2. The number of halogens is 1. The van der Waals surface area contributed by atoms with Gasteiger partial charge in [-0.25, -0.2) is 4.79 Å². The van der Waals surface area contributed by atoms with E-state index in [1.807, 2.05) is 32.0 Å². The number of amides is 1. The predicted molar refractivity (Wildman–Crippen MR) is 125 cm³/mol. The van der Waals surface area contributed by atoms with Crippen molar-refractivity contribution in [3.05, 3.63) is 75.2 Å². The first kappa shape index (κ1) is 21.8. The van der Waals surface area contributed by atoms with Crippen LogP contribution < -0.4 is 5.73 Å². The standard InChI is InChI=1S/C24H22BrN3O4/c1-3-19-18(20(23(26)29)28(4-2)27-19)12-13-9-10-15-17(11-13)22(25)32-21(15)14-7-5-6-8-16(14)24(30)31/h5-11H,3-4,12H2,1-2H3,(H2,26,29)(H,30,31). The Labute approximate surface area is 193 Å². The summed E-state index contributed by atoms with van der Waals surface area (Å²) in [6, 6.07) is 12.6. The third-order valence-corrected chi connectivity index (χ3v) is 6.11. The SMILES string of the molecule is CCc1nn(CC)c(C(N)=O)c1Cc1ccc2c(-c3ccccc3C(=O)O)oc(Br)c2c1. The number of rotatable bonds is 7. The van der Waals surface area contributed by atoms with Crippen LogP contribution in [0.15, 0.2) is 51.6 Å². The maximum Gasteiger partial charge on any atom is 0.336 e. The largest absolute Gasteiger partial charge is 0.478 e. The van der Waals surface area contributed by atoms with Gasteiger partial charge in [-0.1, -0.05) is 37.3 Å². The number of aromatic nitrogens is 2. The molecule has 0 bridgehead atoms. The van der Waals surface area contributed by atoms with Gasteiger partial charge in [-0.2, -0.15) is 5.10 Å². The number of carboxylic acids is 1. The molecule has 4 aromatic rings. The number of fused-ring (bicyclic) bond motifs is 1. The number of benzene rings is 2. The molecule has 0 fully saturated rings. The van der Waals surface area contributed by atoms with E-state index in [-0.39, 0.29) is 5.56 Å². The highest BCUT2D eigenvalue weighted by molar-refractivity contribution is 9.10. The van der Waals surface area contributed by atoms with Crippen molar-refractivity contribution in [3.63, 3.8) is 0 Å². The highest BCUT2D eigenvalue weighted by atomic mass is 79.9. The Morgan fingerprint density at radius 1 is 1.16 bits per heavy atom. The second kappa shape index (κ2) is 8.63. The van der Waals surface area contributed by atoms with E-state index in [0.29, 0.717) is 41.1 Å². The summed E-state index contributed by atoms with van der Waals surface area (Å²) in [6.07, 6.45) is 1.19. The Kier molecular flexibility index (Phi) is 5.88. The Hall–Kier alpha value is -3.39. The molecule has 0 atom stereocenters. The van der Waals surface area contributed by atoms with Crippen molar-refractivity contribution in [2.75, 3.05) is 0 Å². The molecule has 0 aliphatic carbocycles. The van der Waals surface area contributed by atoms with Gasteiger partial charge >= 0.3 is 5.97 Å². The molecular weight excluding hydrogens is 474 g/mol. The molecule has 3 N–H and O–H groups in total. The van der Waals surface area contributed by atoms with Crippen LogP contribution in [0.4, 0.5) is 0 Å². The molecule has 7 nitrogen and oxygen atoms in total. The third-order valence-electron chi connectivity index (χ3n) is 5.52. The summed E-state index contributed by atoms with van der Waals surface area (Å²) in [7, 11) is 0. The molecule has 2 heterocycles. The van der Waals surface area contributed by atoms with Crippen LogP contribution in [0, 0.1) is 0 Å².